The van der Waals surface area contributed by atoms with Crippen LogP contribution < -0.4 is 5.32 Å². The minimum Gasteiger partial charge on any atom is -0.381 e. The Labute approximate surface area is 121 Å². The summed E-state index contributed by atoms with van der Waals surface area (Å²) in [5.41, 5.74) is 0. The van der Waals surface area contributed by atoms with Crippen molar-refractivity contribution in [3.8, 4) is 0 Å². The van der Waals surface area contributed by atoms with Crippen LogP contribution in [-0.4, -0.2) is 48.6 Å². The fourth-order valence-electron chi connectivity index (χ4n) is 2.97. The molecule has 0 radical (unpaired) electrons. The van der Waals surface area contributed by atoms with Gasteiger partial charge in [-0.2, -0.15) is 0 Å². The molecule has 0 spiro atoms. The maximum absolute atomic E-state index is 12.6. The third-order valence-electron chi connectivity index (χ3n) is 4.25. The van der Waals surface area contributed by atoms with E-state index in [9.17, 15) is 9.59 Å². The summed E-state index contributed by atoms with van der Waals surface area (Å²) in [4.78, 5) is 26.4. The number of carbonyl (C=O) groups excluding carboxylic acids is 2. The van der Waals surface area contributed by atoms with Crippen LogP contribution in [0.4, 0.5) is 0 Å². The zero-order valence-corrected chi connectivity index (χ0v) is 12.7. The Morgan fingerprint density at radius 1 is 1.30 bits per heavy atom. The van der Waals surface area contributed by atoms with Crippen molar-refractivity contribution >= 4 is 11.8 Å². The fraction of sp³-hybridized carbons (Fsp3) is 0.867. The number of rotatable bonds is 4. The van der Waals surface area contributed by atoms with Gasteiger partial charge in [-0.05, 0) is 38.0 Å². The predicted octanol–water partition coefficient (Wildman–Crippen LogP) is 1.17. The van der Waals surface area contributed by atoms with E-state index >= 15 is 0 Å². The molecule has 2 heterocycles. The smallest absolute Gasteiger partial charge is 0.245 e. The zero-order chi connectivity index (χ0) is 14.7. The number of nitrogens with zero attached hydrogens (tertiary/aromatic N) is 1. The molecule has 2 saturated heterocycles. The summed E-state index contributed by atoms with van der Waals surface area (Å²) in [6, 6.07) is -0.702. The first-order valence-corrected chi connectivity index (χ1v) is 7.67. The third-order valence-corrected chi connectivity index (χ3v) is 4.25. The molecule has 0 aromatic heterocycles. The van der Waals surface area contributed by atoms with Crippen LogP contribution in [0.25, 0.3) is 0 Å². The molecule has 2 fully saturated rings. The summed E-state index contributed by atoms with van der Waals surface area (Å²) < 4.78 is 5.35. The van der Waals surface area contributed by atoms with Gasteiger partial charge in [0.15, 0.2) is 0 Å². The minimum atomic E-state index is -0.353. The molecule has 2 aliphatic rings. The van der Waals surface area contributed by atoms with Gasteiger partial charge in [0.05, 0.1) is 0 Å². The minimum absolute atomic E-state index is 0.0256. The van der Waals surface area contributed by atoms with Crippen LogP contribution in [0.5, 0.6) is 0 Å². The average molecular weight is 282 g/mol. The van der Waals surface area contributed by atoms with E-state index < -0.39 is 0 Å². The molecule has 0 saturated carbocycles. The highest BCUT2D eigenvalue weighted by atomic mass is 16.5. The van der Waals surface area contributed by atoms with Crippen molar-refractivity contribution in [2.24, 2.45) is 11.8 Å². The number of carbonyl (C=O) groups is 2. The molecule has 0 aromatic carbocycles. The Hall–Kier alpha value is -1.10. The molecule has 20 heavy (non-hydrogen) atoms. The Bertz CT molecular complexity index is 364. The van der Waals surface area contributed by atoms with Gasteiger partial charge >= 0.3 is 0 Å². The molecular weight excluding hydrogens is 256 g/mol. The van der Waals surface area contributed by atoms with Crippen molar-refractivity contribution in [1.29, 1.82) is 0 Å². The monoisotopic (exact) mass is 282 g/mol. The normalized spacial score (nSPS) is 28.9. The van der Waals surface area contributed by atoms with Gasteiger partial charge in [-0.3, -0.25) is 9.59 Å². The van der Waals surface area contributed by atoms with Crippen LogP contribution in [0.1, 0.15) is 40.0 Å². The molecule has 2 atom stereocenters. The number of hydrogen-bond acceptors (Lipinski definition) is 3. The van der Waals surface area contributed by atoms with E-state index in [1.165, 1.54) is 0 Å². The largest absolute Gasteiger partial charge is 0.381 e. The standard InChI is InChI=1S/C15H26N2O3/c1-10(2)8-13-15(19)17(11(3)14(18)16-13)9-12-4-6-20-7-5-12/h10-13H,4-9H2,1-3H3,(H,16,18). The van der Waals surface area contributed by atoms with E-state index in [0.29, 0.717) is 24.8 Å². The van der Waals surface area contributed by atoms with Crippen LogP contribution in [0, 0.1) is 11.8 Å². The molecule has 2 unspecified atom stereocenters. The summed E-state index contributed by atoms with van der Waals surface area (Å²) in [6.45, 7) is 8.18. The second kappa shape index (κ2) is 6.57. The maximum atomic E-state index is 12.6. The molecule has 0 bridgehead atoms. The molecule has 2 rings (SSSR count). The molecule has 0 aromatic rings. The van der Waals surface area contributed by atoms with Gasteiger partial charge in [0.1, 0.15) is 12.1 Å². The summed E-state index contributed by atoms with van der Waals surface area (Å²) in [7, 11) is 0. The summed E-state index contributed by atoms with van der Waals surface area (Å²) in [5, 5.41) is 2.86. The van der Waals surface area contributed by atoms with Crippen molar-refractivity contribution in [2.45, 2.75) is 52.1 Å². The van der Waals surface area contributed by atoms with Crippen molar-refractivity contribution in [2.75, 3.05) is 19.8 Å². The van der Waals surface area contributed by atoms with E-state index in [2.05, 4.69) is 19.2 Å². The van der Waals surface area contributed by atoms with Gasteiger partial charge in [0.2, 0.25) is 11.8 Å². The number of nitrogens with one attached hydrogen (secondary N) is 1. The van der Waals surface area contributed by atoms with Gasteiger partial charge < -0.3 is 15.0 Å². The lowest BCUT2D eigenvalue weighted by molar-refractivity contribution is -0.150. The highest BCUT2D eigenvalue weighted by molar-refractivity contribution is 5.96. The van der Waals surface area contributed by atoms with Crippen molar-refractivity contribution < 1.29 is 14.3 Å². The Balaban J connectivity index is 2.03. The van der Waals surface area contributed by atoms with Gasteiger partial charge in [0, 0.05) is 19.8 Å². The van der Waals surface area contributed by atoms with Crippen LogP contribution >= 0.6 is 0 Å². The number of hydrogen-bond donors (Lipinski definition) is 1. The number of ether oxygens (including phenoxy) is 1. The van der Waals surface area contributed by atoms with Crippen molar-refractivity contribution in [3.05, 3.63) is 0 Å². The summed E-state index contributed by atoms with van der Waals surface area (Å²) >= 11 is 0. The van der Waals surface area contributed by atoms with Crippen LogP contribution in [0.2, 0.25) is 0 Å². The van der Waals surface area contributed by atoms with Crippen LogP contribution in [0.3, 0.4) is 0 Å². The molecular formula is C15H26N2O3. The van der Waals surface area contributed by atoms with Crippen molar-refractivity contribution in [3.63, 3.8) is 0 Å². The second-order valence-corrected chi connectivity index (χ2v) is 6.41. The highest BCUT2D eigenvalue weighted by Gasteiger charge is 2.39. The summed E-state index contributed by atoms with van der Waals surface area (Å²) in [6.07, 6.45) is 2.67. The highest BCUT2D eigenvalue weighted by Crippen LogP contribution is 2.21. The lowest BCUT2D eigenvalue weighted by Crippen LogP contribution is -2.63. The first kappa shape index (κ1) is 15.3. The Morgan fingerprint density at radius 3 is 2.55 bits per heavy atom. The maximum Gasteiger partial charge on any atom is 0.245 e. The lowest BCUT2D eigenvalue weighted by Gasteiger charge is -2.40. The topological polar surface area (TPSA) is 58.6 Å². The van der Waals surface area contributed by atoms with Gasteiger partial charge in [0.25, 0.3) is 0 Å². The van der Waals surface area contributed by atoms with Gasteiger partial charge in [-0.1, -0.05) is 13.8 Å². The molecule has 0 aliphatic carbocycles. The zero-order valence-electron chi connectivity index (χ0n) is 12.7. The van der Waals surface area contributed by atoms with E-state index in [-0.39, 0.29) is 23.9 Å². The van der Waals surface area contributed by atoms with Crippen LogP contribution in [0.15, 0.2) is 0 Å². The van der Waals surface area contributed by atoms with Crippen LogP contribution in [-0.2, 0) is 14.3 Å². The molecule has 5 heteroatoms. The Morgan fingerprint density at radius 2 is 1.95 bits per heavy atom. The number of amides is 2. The van der Waals surface area contributed by atoms with E-state index in [4.69, 9.17) is 4.74 Å². The second-order valence-electron chi connectivity index (χ2n) is 6.41. The van der Waals surface area contributed by atoms with E-state index in [1.807, 2.05) is 6.92 Å². The van der Waals surface area contributed by atoms with Crippen molar-refractivity contribution in [1.82, 2.24) is 10.2 Å². The molecule has 2 aliphatic heterocycles. The van der Waals surface area contributed by atoms with E-state index in [1.54, 1.807) is 4.90 Å². The first-order valence-electron chi connectivity index (χ1n) is 7.67. The molecule has 114 valence electrons. The van der Waals surface area contributed by atoms with E-state index in [0.717, 1.165) is 26.1 Å². The van der Waals surface area contributed by atoms with Gasteiger partial charge in [-0.25, -0.2) is 0 Å². The fourth-order valence-corrected chi connectivity index (χ4v) is 2.97. The first-order chi connectivity index (χ1) is 9.49. The SMILES string of the molecule is CC(C)CC1NC(=O)C(C)N(CC2CCOCC2)C1=O. The van der Waals surface area contributed by atoms with Gasteiger partial charge in [-0.15, -0.1) is 0 Å². The predicted molar refractivity (Wildman–Crippen MR) is 76.1 cm³/mol. The molecule has 5 nitrogen and oxygen atoms in total. The quantitative estimate of drug-likeness (QED) is 0.842. The Kier molecular flexibility index (Phi) is 5.02. The lowest BCUT2D eigenvalue weighted by atomic mass is 9.95. The average Bonchev–Trinajstić information content (AvgIpc) is 2.41. The molecule has 1 N–H and O–H groups in total. The summed E-state index contributed by atoms with van der Waals surface area (Å²) in [5.74, 6) is 0.905. The number of piperazine rings is 1. The molecule has 2 amide bonds. The third kappa shape index (κ3) is 3.51.